The van der Waals surface area contributed by atoms with E-state index in [1.54, 1.807) is 24.7 Å². The van der Waals surface area contributed by atoms with Crippen LogP contribution in [0.3, 0.4) is 0 Å². The van der Waals surface area contributed by atoms with Gasteiger partial charge in [-0.3, -0.25) is 4.79 Å². The van der Waals surface area contributed by atoms with E-state index >= 15 is 0 Å². The van der Waals surface area contributed by atoms with Crippen molar-refractivity contribution < 1.29 is 14.3 Å². The Bertz CT molecular complexity index is 876. The third-order valence-electron chi connectivity index (χ3n) is 4.33. The molecule has 3 atom stereocenters. The molecule has 1 amide bonds. The van der Waals surface area contributed by atoms with Gasteiger partial charge in [-0.15, -0.1) is 0 Å². The molecule has 0 saturated carbocycles. The summed E-state index contributed by atoms with van der Waals surface area (Å²) < 4.78 is 14.8. The fraction of sp³-hybridized carbons (Fsp3) is 0.263. The molecule has 0 aliphatic rings. The Morgan fingerprint density at radius 1 is 1.16 bits per heavy atom. The first-order chi connectivity index (χ1) is 12.0. The topological polar surface area (TPSA) is 67.2 Å². The van der Waals surface area contributed by atoms with Crippen molar-refractivity contribution in [2.24, 2.45) is 0 Å². The van der Waals surface area contributed by atoms with Gasteiger partial charge in [0.15, 0.2) is 0 Å². The van der Waals surface area contributed by atoms with Crippen molar-refractivity contribution in [3.8, 4) is 0 Å². The molecule has 3 unspecified atom stereocenters. The lowest BCUT2D eigenvalue weighted by atomic mass is 10.0. The molecule has 0 saturated heterocycles. The van der Waals surface area contributed by atoms with E-state index in [0.717, 1.165) is 11.0 Å². The van der Waals surface area contributed by atoms with E-state index in [0.29, 0.717) is 5.56 Å². The van der Waals surface area contributed by atoms with Crippen LogP contribution in [0.5, 0.6) is 0 Å². The Morgan fingerprint density at radius 2 is 1.84 bits per heavy atom. The van der Waals surface area contributed by atoms with Gasteiger partial charge in [-0.1, -0.05) is 24.3 Å². The number of hydrogen-bond acceptors (Lipinski definition) is 3. The lowest BCUT2D eigenvalue weighted by Crippen LogP contribution is -2.40. The van der Waals surface area contributed by atoms with E-state index in [2.05, 4.69) is 10.3 Å². The smallest absolute Gasteiger partial charge is 0.243 e. The standard InChI is InChI=1S/C19H20FN3O2/c1-12(18(24)14-7-9-15(20)10-8-14)22-19(25)13(2)23-11-21-16-5-3-4-6-17(16)23/h3-13,18,24H,1-2H3,(H,22,25). The summed E-state index contributed by atoms with van der Waals surface area (Å²) in [7, 11) is 0. The summed E-state index contributed by atoms with van der Waals surface area (Å²) in [6.45, 7) is 3.49. The summed E-state index contributed by atoms with van der Waals surface area (Å²) >= 11 is 0. The van der Waals surface area contributed by atoms with E-state index in [-0.39, 0.29) is 11.7 Å². The van der Waals surface area contributed by atoms with Crippen LogP contribution in [0, 0.1) is 5.82 Å². The van der Waals surface area contributed by atoms with Gasteiger partial charge in [0.25, 0.3) is 0 Å². The Kier molecular flexibility index (Phi) is 4.81. The number of fused-ring (bicyclic) bond motifs is 1. The fourth-order valence-electron chi connectivity index (χ4n) is 2.79. The van der Waals surface area contributed by atoms with E-state index in [9.17, 15) is 14.3 Å². The molecule has 0 radical (unpaired) electrons. The van der Waals surface area contributed by atoms with Gasteiger partial charge in [-0.05, 0) is 43.7 Å². The van der Waals surface area contributed by atoms with Gasteiger partial charge in [-0.2, -0.15) is 0 Å². The van der Waals surface area contributed by atoms with Crippen LogP contribution in [0.25, 0.3) is 11.0 Å². The zero-order valence-electron chi connectivity index (χ0n) is 14.1. The van der Waals surface area contributed by atoms with Gasteiger partial charge in [0.05, 0.1) is 29.5 Å². The molecule has 3 rings (SSSR count). The SMILES string of the molecule is CC(NC(=O)C(C)n1cnc2ccccc21)C(O)c1ccc(F)cc1. The molecular weight excluding hydrogens is 321 g/mol. The molecule has 0 spiro atoms. The summed E-state index contributed by atoms with van der Waals surface area (Å²) in [6, 6.07) is 12.2. The first-order valence-electron chi connectivity index (χ1n) is 8.13. The van der Waals surface area contributed by atoms with Crippen molar-refractivity contribution in [2.75, 3.05) is 0 Å². The van der Waals surface area contributed by atoms with E-state index < -0.39 is 18.2 Å². The number of benzene rings is 2. The quantitative estimate of drug-likeness (QED) is 0.750. The number of rotatable bonds is 5. The Labute approximate surface area is 145 Å². The maximum atomic E-state index is 13.0. The van der Waals surface area contributed by atoms with Gasteiger partial charge in [0, 0.05) is 0 Å². The van der Waals surface area contributed by atoms with Crippen LogP contribution in [0.1, 0.15) is 31.6 Å². The number of aliphatic hydroxyl groups excluding tert-OH is 1. The van der Waals surface area contributed by atoms with Gasteiger partial charge in [0.1, 0.15) is 11.9 Å². The highest BCUT2D eigenvalue weighted by Gasteiger charge is 2.23. The zero-order chi connectivity index (χ0) is 18.0. The number of nitrogens with one attached hydrogen (secondary N) is 1. The lowest BCUT2D eigenvalue weighted by molar-refractivity contribution is -0.125. The monoisotopic (exact) mass is 341 g/mol. The van der Waals surface area contributed by atoms with E-state index in [1.807, 2.05) is 24.3 Å². The van der Waals surface area contributed by atoms with E-state index in [1.165, 1.54) is 24.3 Å². The van der Waals surface area contributed by atoms with Crippen LogP contribution in [0.4, 0.5) is 4.39 Å². The average molecular weight is 341 g/mol. The molecule has 130 valence electrons. The lowest BCUT2D eigenvalue weighted by Gasteiger charge is -2.23. The first-order valence-corrected chi connectivity index (χ1v) is 8.13. The second kappa shape index (κ2) is 7.03. The van der Waals surface area contributed by atoms with Gasteiger partial charge < -0.3 is 15.0 Å². The second-order valence-corrected chi connectivity index (χ2v) is 6.11. The average Bonchev–Trinajstić information content (AvgIpc) is 3.05. The molecule has 1 aromatic heterocycles. The van der Waals surface area contributed by atoms with Crippen LogP contribution in [-0.2, 0) is 4.79 Å². The number of aliphatic hydroxyl groups is 1. The molecule has 25 heavy (non-hydrogen) atoms. The number of amides is 1. The third-order valence-corrected chi connectivity index (χ3v) is 4.33. The van der Waals surface area contributed by atoms with Crippen molar-refractivity contribution in [2.45, 2.75) is 32.0 Å². The van der Waals surface area contributed by atoms with Crippen LogP contribution < -0.4 is 5.32 Å². The molecule has 5 nitrogen and oxygen atoms in total. The number of imidazole rings is 1. The fourth-order valence-corrected chi connectivity index (χ4v) is 2.79. The van der Waals surface area contributed by atoms with Crippen molar-refractivity contribution in [3.63, 3.8) is 0 Å². The maximum Gasteiger partial charge on any atom is 0.243 e. The third kappa shape index (κ3) is 3.53. The highest BCUT2D eigenvalue weighted by molar-refractivity contribution is 5.83. The Balaban J connectivity index is 1.71. The summed E-state index contributed by atoms with van der Waals surface area (Å²) in [5.74, 6) is -0.593. The number of para-hydroxylation sites is 2. The largest absolute Gasteiger partial charge is 0.386 e. The first kappa shape index (κ1) is 17.1. The van der Waals surface area contributed by atoms with Crippen LogP contribution in [0.2, 0.25) is 0 Å². The van der Waals surface area contributed by atoms with Crippen molar-refractivity contribution in [3.05, 3.63) is 66.2 Å². The summed E-state index contributed by atoms with van der Waals surface area (Å²) in [5.41, 5.74) is 2.24. The highest BCUT2D eigenvalue weighted by Crippen LogP contribution is 2.20. The molecule has 0 bridgehead atoms. The van der Waals surface area contributed by atoms with Gasteiger partial charge in [0.2, 0.25) is 5.91 Å². The number of carbonyl (C=O) groups is 1. The Morgan fingerprint density at radius 3 is 2.56 bits per heavy atom. The minimum absolute atomic E-state index is 0.225. The van der Waals surface area contributed by atoms with Crippen molar-refractivity contribution in [1.82, 2.24) is 14.9 Å². The second-order valence-electron chi connectivity index (χ2n) is 6.11. The van der Waals surface area contributed by atoms with Crippen molar-refractivity contribution >= 4 is 16.9 Å². The number of hydrogen-bond donors (Lipinski definition) is 2. The Hall–Kier alpha value is -2.73. The molecule has 2 N–H and O–H groups in total. The van der Waals surface area contributed by atoms with Gasteiger partial charge in [-0.25, -0.2) is 9.37 Å². The predicted molar refractivity (Wildman–Crippen MR) is 93.4 cm³/mol. The number of aromatic nitrogens is 2. The van der Waals surface area contributed by atoms with Crippen LogP contribution in [0.15, 0.2) is 54.9 Å². The van der Waals surface area contributed by atoms with Crippen LogP contribution >= 0.6 is 0 Å². The summed E-state index contributed by atoms with van der Waals surface area (Å²) in [6.07, 6.45) is 0.715. The van der Waals surface area contributed by atoms with Crippen molar-refractivity contribution in [1.29, 1.82) is 0 Å². The molecule has 0 fully saturated rings. The molecule has 0 aliphatic carbocycles. The molecule has 2 aromatic carbocycles. The predicted octanol–water partition coefficient (Wildman–Crippen LogP) is 2.97. The molecule has 0 aliphatic heterocycles. The minimum atomic E-state index is -0.920. The summed E-state index contributed by atoms with van der Waals surface area (Å²) in [5, 5.41) is 13.2. The number of nitrogens with zero attached hydrogens (tertiary/aromatic N) is 2. The molecule has 3 aromatic rings. The maximum absolute atomic E-state index is 13.0. The van der Waals surface area contributed by atoms with Crippen LogP contribution in [-0.4, -0.2) is 26.6 Å². The minimum Gasteiger partial charge on any atom is -0.386 e. The van der Waals surface area contributed by atoms with E-state index in [4.69, 9.17) is 0 Å². The summed E-state index contributed by atoms with van der Waals surface area (Å²) in [4.78, 5) is 16.8. The molecule has 6 heteroatoms. The molecular formula is C19H20FN3O2. The highest BCUT2D eigenvalue weighted by atomic mass is 19.1. The number of carbonyl (C=O) groups excluding carboxylic acids is 1. The normalized spacial score (nSPS) is 14.9. The zero-order valence-corrected chi connectivity index (χ0v) is 14.1. The molecule has 1 heterocycles. The number of halogens is 1. The van der Waals surface area contributed by atoms with Gasteiger partial charge >= 0.3 is 0 Å².